The molecule has 1 N–H and O–H groups in total. The van der Waals surface area contributed by atoms with Gasteiger partial charge < -0.3 is 14.9 Å². The van der Waals surface area contributed by atoms with Crippen LogP contribution in [0, 0.1) is 29.9 Å². The zero-order chi connectivity index (χ0) is 29.6. The number of carbonyl (C=O) groups is 1. The van der Waals surface area contributed by atoms with Gasteiger partial charge in [0.25, 0.3) is 0 Å². The molecule has 1 amide bonds. The number of hydrogen-bond acceptors (Lipinski definition) is 7. The third-order valence-corrected chi connectivity index (χ3v) is 7.26. The molecule has 4 heterocycles. The highest BCUT2D eigenvalue weighted by Crippen LogP contribution is 2.35. The van der Waals surface area contributed by atoms with Crippen LogP contribution >= 0.6 is 0 Å². The summed E-state index contributed by atoms with van der Waals surface area (Å²) in [6.07, 6.45) is 0.580. The van der Waals surface area contributed by atoms with Crippen LogP contribution in [0.3, 0.4) is 0 Å². The normalized spacial score (nSPS) is 15.4. The van der Waals surface area contributed by atoms with Crippen LogP contribution in [-0.4, -0.2) is 61.3 Å². The average molecular weight is 560 g/mol. The predicted molar refractivity (Wildman–Crippen MR) is 148 cm³/mol. The number of nitriles is 1. The summed E-state index contributed by atoms with van der Waals surface area (Å²) in [5.74, 6) is -1.71. The smallest absolute Gasteiger partial charge is 0.407 e. The van der Waals surface area contributed by atoms with Crippen molar-refractivity contribution >= 4 is 22.9 Å². The summed E-state index contributed by atoms with van der Waals surface area (Å²) in [5, 5.41) is 19.8. The quantitative estimate of drug-likeness (QED) is 0.384. The predicted octanol–water partition coefficient (Wildman–Crippen LogP) is 4.61. The Bertz CT molecular complexity index is 1780. The molecule has 41 heavy (non-hydrogen) atoms. The van der Waals surface area contributed by atoms with E-state index in [0.29, 0.717) is 22.3 Å². The first-order valence-electron chi connectivity index (χ1n) is 13.1. The van der Waals surface area contributed by atoms with Crippen LogP contribution in [-0.2, 0) is 0 Å². The molecule has 1 saturated heterocycles. The van der Waals surface area contributed by atoms with Crippen molar-refractivity contribution in [2.75, 3.05) is 24.5 Å². The molecule has 0 saturated carbocycles. The van der Waals surface area contributed by atoms with Gasteiger partial charge >= 0.3 is 11.8 Å². The molecule has 210 valence electrons. The van der Waals surface area contributed by atoms with Crippen LogP contribution in [0.25, 0.3) is 28.0 Å². The molecule has 1 unspecified atom stereocenters. The van der Waals surface area contributed by atoms with E-state index in [9.17, 15) is 28.7 Å². The lowest BCUT2D eigenvalue weighted by atomic mass is 10.0. The first-order chi connectivity index (χ1) is 19.5. The summed E-state index contributed by atoms with van der Waals surface area (Å²) >= 11 is 0. The fourth-order valence-electron chi connectivity index (χ4n) is 5.28. The number of piperazine rings is 1. The Morgan fingerprint density at radius 3 is 2.49 bits per heavy atom. The Kier molecular flexibility index (Phi) is 7.13. The molecule has 1 aliphatic rings. The highest BCUT2D eigenvalue weighted by molar-refractivity contribution is 5.92. The molecule has 1 fully saturated rings. The fourth-order valence-corrected chi connectivity index (χ4v) is 5.28. The first kappa shape index (κ1) is 27.6. The fraction of sp³-hybridized carbons (Fsp3) is 0.310. The number of aryl methyl sites for hydroxylation is 1. The van der Waals surface area contributed by atoms with Crippen LogP contribution in [0.1, 0.15) is 43.5 Å². The van der Waals surface area contributed by atoms with Gasteiger partial charge in [0.05, 0.1) is 33.6 Å². The van der Waals surface area contributed by atoms with Crippen molar-refractivity contribution in [3.63, 3.8) is 0 Å². The minimum absolute atomic E-state index is 0.0440. The van der Waals surface area contributed by atoms with Crippen LogP contribution in [0.4, 0.5) is 19.4 Å². The second-order valence-electron chi connectivity index (χ2n) is 10.3. The highest BCUT2D eigenvalue weighted by atomic mass is 19.1. The molecule has 1 atom stereocenters. The monoisotopic (exact) mass is 559 g/mol. The maximum absolute atomic E-state index is 15.0. The standard InChI is InChI=1S/C29H27F2N7O3/c1-15(2)23-25(16(3)8-9-33-23)38-27-19(12-18(13-32)24(34-27)22-20(30)6-5-7-21(22)31)26(35-28(38)39)37-11-10-36(29(40)41)14-17(37)4/h5-9,12,15,17H,10-11,14H2,1-4H3,(H,40,41). The molecule has 4 aromatic rings. The summed E-state index contributed by atoms with van der Waals surface area (Å²) in [4.78, 5) is 42.0. The molecule has 0 aliphatic carbocycles. The highest BCUT2D eigenvalue weighted by Gasteiger charge is 2.31. The van der Waals surface area contributed by atoms with Gasteiger partial charge in [-0.1, -0.05) is 19.9 Å². The number of amides is 1. The number of anilines is 1. The number of aromatic nitrogens is 4. The topological polar surface area (TPSA) is 128 Å². The Morgan fingerprint density at radius 1 is 1.17 bits per heavy atom. The van der Waals surface area contributed by atoms with Gasteiger partial charge in [0.15, 0.2) is 5.65 Å². The molecule has 1 aliphatic heterocycles. The Morgan fingerprint density at radius 2 is 1.88 bits per heavy atom. The summed E-state index contributed by atoms with van der Waals surface area (Å²) < 4.78 is 31.2. The van der Waals surface area contributed by atoms with Gasteiger partial charge in [-0.2, -0.15) is 10.2 Å². The molecule has 1 aromatic carbocycles. The van der Waals surface area contributed by atoms with Gasteiger partial charge in [0, 0.05) is 31.9 Å². The van der Waals surface area contributed by atoms with Crippen molar-refractivity contribution in [2.24, 2.45) is 0 Å². The van der Waals surface area contributed by atoms with Crippen LogP contribution < -0.4 is 10.6 Å². The second-order valence-corrected chi connectivity index (χ2v) is 10.3. The lowest BCUT2D eigenvalue weighted by Crippen LogP contribution is -2.54. The van der Waals surface area contributed by atoms with E-state index in [-0.39, 0.29) is 54.3 Å². The Labute approximate surface area is 234 Å². The van der Waals surface area contributed by atoms with E-state index in [0.717, 1.165) is 12.1 Å². The number of benzene rings is 1. The zero-order valence-corrected chi connectivity index (χ0v) is 22.9. The average Bonchev–Trinajstić information content (AvgIpc) is 2.92. The van der Waals surface area contributed by atoms with E-state index in [4.69, 9.17) is 0 Å². The van der Waals surface area contributed by atoms with Crippen LogP contribution in [0.5, 0.6) is 0 Å². The molecule has 10 nitrogen and oxygen atoms in total. The number of hydrogen-bond donors (Lipinski definition) is 1. The van der Waals surface area contributed by atoms with Crippen molar-refractivity contribution in [2.45, 2.75) is 39.7 Å². The van der Waals surface area contributed by atoms with E-state index >= 15 is 0 Å². The molecular weight excluding hydrogens is 532 g/mol. The third-order valence-electron chi connectivity index (χ3n) is 7.26. The molecule has 0 bridgehead atoms. The van der Waals surface area contributed by atoms with Gasteiger partial charge in [0.2, 0.25) is 0 Å². The van der Waals surface area contributed by atoms with Crippen LogP contribution in [0.15, 0.2) is 41.3 Å². The van der Waals surface area contributed by atoms with Gasteiger partial charge in [-0.25, -0.2) is 27.9 Å². The van der Waals surface area contributed by atoms with Gasteiger partial charge in [-0.05, 0) is 49.6 Å². The van der Waals surface area contributed by atoms with Crippen LogP contribution in [0.2, 0.25) is 0 Å². The maximum Gasteiger partial charge on any atom is 0.407 e. The number of halogens is 2. The minimum Gasteiger partial charge on any atom is -0.465 e. The van der Waals surface area contributed by atoms with Gasteiger partial charge in [-0.15, -0.1) is 0 Å². The zero-order valence-electron chi connectivity index (χ0n) is 22.9. The van der Waals surface area contributed by atoms with Crippen molar-refractivity contribution in [1.82, 2.24) is 24.4 Å². The molecule has 0 spiro atoms. The third kappa shape index (κ3) is 4.73. The molecule has 3 aromatic heterocycles. The van der Waals surface area contributed by atoms with E-state index in [1.165, 1.54) is 21.6 Å². The van der Waals surface area contributed by atoms with Crippen molar-refractivity contribution in [3.05, 3.63) is 75.5 Å². The summed E-state index contributed by atoms with van der Waals surface area (Å²) in [6.45, 7) is 8.02. The summed E-state index contributed by atoms with van der Waals surface area (Å²) in [5.41, 5.74) is 0.233. The summed E-state index contributed by atoms with van der Waals surface area (Å²) in [6, 6.07) is 8.15. The van der Waals surface area contributed by atoms with E-state index in [2.05, 4.69) is 15.0 Å². The number of carboxylic acid groups (broad SMARTS) is 1. The maximum atomic E-state index is 15.0. The van der Waals surface area contributed by atoms with Gasteiger partial charge in [0.1, 0.15) is 23.5 Å². The Hall–Kier alpha value is -4.92. The van der Waals surface area contributed by atoms with Crippen molar-refractivity contribution in [1.29, 1.82) is 5.26 Å². The lowest BCUT2D eigenvalue weighted by Gasteiger charge is -2.39. The molecule has 0 radical (unpaired) electrons. The van der Waals surface area contributed by atoms with Crippen molar-refractivity contribution < 1.29 is 18.7 Å². The minimum atomic E-state index is -1.05. The molecular formula is C29H27F2N7O3. The lowest BCUT2D eigenvalue weighted by molar-refractivity contribution is 0.136. The SMILES string of the molecule is Cc1ccnc(C(C)C)c1-n1c(=O)nc(N2CCN(C(=O)O)CC2C)c2cc(C#N)c(-c3c(F)cccc3F)nc21. The summed E-state index contributed by atoms with van der Waals surface area (Å²) in [7, 11) is 0. The van der Waals surface area contributed by atoms with E-state index in [1.807, 2.05) is 26.8 Å². The first-order valence-corrected chi connectivity index (χ1v) is 13.1. The number of pyridine rings is 2. The number of fused-ring (bicyclic) bond motifs is 1. The largest absolute Gasteiger partial charge is 0.465 e. The number of rotatable bonds is 4. The number of nitrogens with zero attached hydrogens (tertiary/aromatic N) is 7. The molecule has 5 rings (SSSR count). The molecule has 12 heteroatoms. The second kappa shape index (κ2) is 10.6. The van der Waals surface area contributed by atoms with Crippen molar-refractivity contribution in [3.8, 4) is 23.0 Å². The Balaban J connectivity index is 1.89. The van der Waals surface area contributed by atoms with E-state index < -0.39 is 29.0 Å². The van der Waals surface area contributed by atoms with Gasteiger partial charge in [-0.3, -0.25) is 4.98 Å². The van der Waals surface area contributed by atoms with E-state index in [1.54, 1.807) is 24.1 Å².